The molecule has 0 saturated heterocycles. The van der Waals surface area contributed by atoms with Crippen molar-refractivity contribution < 1.29 is 9.72 Å². The fraction of sp³-hybridized carbons (Fsp3) is 0.167. The number of benzene rings is 1. The van der Waals surface area contributed by atoms with Crippen LogP contribution in [0.3, 0.4) is 0 Å². The Morgan fingerprint density at radius 1 is 1.50 bits per heavy atom. The number of hydrogen-bond donors (Lipinski definition) is 3. The van der Waals surface area contributed by atoms with E-state index >= 15 is 0 Å². The Bertz CT molecular complexity index is 624. The summed E-state index contributed by atoms with van der Waals surface area (Å²) in [6.07, 6.45) is 2.96. The lowest BCUT2D eigenvalue weighted by atomic mass is 10.1. The lowest BCUT2D eigenvalue weighted by Crippen LogP contribution is -2.12. The van der Waals surface area contributed by atoms with E-state index in [4.69, 9.17) is 0 Å². The molecule has 0 radical (unpaired) electrons. The molecule has 0 bridgehead atoms. The Hall–Kier alpha value is -2.90. The topological polar surface area (TPSA) is 113 Å². The summed E-state index contributed by atoms with van der Waals surface area (Å²) >= 11 is 0. The SMILES string of the molecule is CCNc1ccc(C(=O)Nc2cn[nH]c2)cc1[N+](=O)[O-]. The van der Waals surface area contributed by atoms with Crippen molar-refractivity contribution in [2.45, 2.75) is 6.92 Å². The number of rotatable bonds is 5. The molecule has 20 heavy (non-hydrogen) atoms. The van der Waals surface area contributed by atoms with E-state index in [0.717, 1.165) is 0 Å². The van der Waals surface area contributed by atoms with Crippen LogP contribution in [0.2, 0.25) is 0 Å². The summed E-state index contributed by atoms with van der Waals surface area (Å²) < 4.78 is 0. The lowest BCUT2D eigenvalue weighted by molar-refractivity contribution is -0.384. The van der Waals surface area contributed by atoms with E-state index in [0.29, 0.717) is 17.9 Å². The number of nitro groups is 1. The van der Waals surface area contributed by atoms with Crippen molar-refractivity contribution in [1.82, 2.24) is 10.2 Å². The fourth-order valence-corrected chi connectivity index (χ4v) is 1.69. The average Bonchev–Trinajstić information content (AvgIpc) is 2.92. The molecule has 1 heterocycles. The standard InChI is InChI=1S/C12H13N5O3/c1-2-13-10-4-3-8(5-11(10)17(19)20)12(18)16-9-6-14-15-7-9/h3-7,13H,2H2,1H3,(H,14,15)(H,16,18). The zero-order valence-corrected chi connectivity index (χ0v) is 10.7. The molecule has 0 aliphatic heterocycles. The highest BCUT2D eigenvalue weighted by Crippen LogP contribution is 2.25. The molecular formula is C12H13N5O3. The minimum absolute atomic E-state index is 0.133. The molecule has 1 aromatic carbocycles. The van der Waals surface area contributed by atoms with Gasteiger partial charge in [0.25, 0.3) is 11.6 Å². The monoisotopic (exact) mass is 275 g/mol. The van der Waals surface area contributed by atoms with Gasteiger partial charge in [0, 0.05) is 24.4 Å². The number of carbonyl (C=O) groups excluding carboxylic acids is 1. The van der Waals surface area contributed by atoms with Crippen molar-refractivity contribution in [1.29, 1.82) is 0 Å². The molecule has 0 atom stereocenters. The first-order valence-electron chi connectivity index (χ1n) is 5.94. The molecule has 1 amide bonds. The van der Waals surface area contributed by atoms with Crippen LogP contribution in [0.25, 0.3) is 0 Å². The summed E-state index contributed by atoms with van der Waals surface area (Å²) in [6.45, 7) is 2.39. The predicted molar refractivity (Wildman–Crippen MR) is 73.8 cm³/mol. The van der Waals surface area contributed by atoms with E-state index in [1.807, 2.05) is 6.92 Å². The van der Waals surface area contributed by atoms with Crippen LogP contribution in [-0.4, -0.2) is 27.6 Å². The van der Waals surface area contributed by atoms with Crippen LogP contribution in [0.5, 0.6) is 0 Å². The van der Waals surface area contributed by atoms with Crippen molar-refractivity contribution in [3.63, 3.8) is 0 Å². The van der Waals surface area contributed by atoms with E-state index < -0.39 is 10.8 Å². The lowest BCUT2D eigenvalue weighted by Gasteiger charge is -2.07. The summed E-state index contributed by atoms with van der Waals surface area (Å²) in [4.78, 5) is 22.4. The van der Waals surface area contributed by atoms with Crippen LogP contribution >= 0.6 is 0 Å². The maximum Gasteiger partial charge on any atom is 0.293 e. The molecule has 2 aromatic rings. The molecule has 0 spiro atoms. The van der Waals surface area contributed by atoms with Gasteiger partial charge in [0.2, 0.25) is 0 Å². The molecule has 0 aliphatic rings. The van der Waals surface area contributed by atoms with Crippen LogP contribution in [0, 0.1) is 10.1 Å². The van der Waals surface area contributed by atoms with E-state index in [2.05, 4.69) is 20.8 Å². The number of hydrogen-bond acceptors (Lipinski definition) is 5. The summed E-state index contributed by atoms with van der Waals surface area (Å²) in [5, 5.41) is 22.7. The zero-order valence-electron chi connectivity index (χ0n) is 10.7. The van der Waals surface area contributed by atoms with Crippen LogP contribution in [0.15, 0.2) is 30.6 Å². The van der Waals surface area contributed by atoms with E-state index in [1.165, 1.54) is 30.6 Å². The number of carbonyl (C=O) groups is 1. The van der Waals surface area contributed by atoms with Crippen molar-refractivity contribution >= 4 is 23.0 Å². The van der Waals surface area contributed by atoms with Crippen molar-refractivity contribution in [2.24, 2.45) is 0 Å². The summed E-state index contributed by atoms with van der Waals surface area (Å²) in [6, 6.07) is 4.29. The largest absolute Gasteiger partial charge is 0.380 e. The number of amides is 1. The van der Waals surface area contributed by atoms with Crippen molar-refractivity contribution in [3.8, 4) is 0 Å². The highest BCUT2D eigenvalue weighted by atomic mass is 16.6. The fourth-order valence-electron chi connectivity index (χ4n) is 1.69. The first kappa shape index (κ1) is 13.5. The van der Waals surface area contributed by atoms with Gasteiger partial charge in [0.15, 0.2) is 0 Å². The molecule has 3 N–H and O–H groups in total. The molecule has 2 rings (SSSR count). The first-order chi connectivity index (χ1) is 9.61. The smallest absolute Gasteiger partial charge is 0.293 e. The molecular weight excluding hydrogens is 262 g/mol. The number of nitrogens with zero attached hydrogens (tertiary/aromatic N) is 2. The van der Waals surface area contributed by atoms with E-state index in [-0.39, 0.29) is 11.3 Å². The Kier molecular flexibility index (Phi) is 3.94. The quantitative estimate of drug-likeness (QED) is 0.570. The van der Waals surface area contributed by atoms with Gasteiger partial charge < -0.3 is 10.6 Å². The average molecular weight is 275 g/mol. The number of nitrogens with one attached hydrogen (secondary N) is 3. The summed E-state index contributed by atoms with van der Waals surface area (Å²) in [7, 11) is 0. The third-order valence-corrected chi connectivity index (χ3v) is 2.58. The molecule has 0 saturated carbocycles. The number of anilines is 2. The molecule has 8 heteroatoms. The van der Waals surface area contributed by atoms with Gasteiger partial charge in [0.05, 0.1) is 16.8 Å². The van der Waals surface area contributed by atoms with Crippen LogP contribution in [0.1, 0.15) is 17.3 Å². The summed E-state index contributed by atoms with van der Waals surface area (Å²) in [5.41, 5.74) is 0.956. The second-order valence-electron chi connectivity index (χ2n) is 3.96. The molecule has 104 valence electrons. The number of nitro benzene ring substituents is 1. The van der Waals surface area contributed by atoms with Gasteiger partial charge in [-0.05, 0) is 19.1 Å². The second-order valence-corrected chi connectivity index (χ2v) is 3.96. The number of aromatic amines is 1. The first-order valence-corrected chi connectivity index (χ1v) is 5.94. The van der Waals surface area contributed by atoms with Gasteiger partial charge in [-0.1, -0.05) is 0 Å². The Balaban J connectivity index is 2.26. The van der Waals surface area contributed by atoms with Gasteiger partial charge in [-0.15, -0.1) is 0 Å². The van der Waals surface area contributed by atoms with E-state index in [9.17, 15) is 14.9 Å². The van der Waals surface area contributed by atoms with Gasteiger partial charge in [-0.3, -0.25) is 20.0 Å². The number of aromatic nitrogens is 2. The van der Waals surface area contributed by atoms with Crippen LogP contribution in [0.4, 0.5) is 17.1 Å². The number of H-pyrrole nitrogens is 1. The Morgan fingerprint density at radius 3 is 2.90 bits per heavy atom. The van der Waals surface area contributed by atoms with Gasteiger partial charge >= 0.3 is 0 Å². The zero-order chi connectivity index (χ0) is 14.5. The molecule has 0 fully saturated rings. The maximum absolute atomic E-state index is 12.0. The minimum atomic E-state index is -0.521. The van der Waals surface area contributed by atoms with Crippen LogP contribution < -0.4 is 10.6 Å². The van der Waals surface area contributed by atoms with Crippen molar-refractivity contribution in [3.05, 3.63) is 46.3 Å². The Morgan fingerprint density at radius 2 is 2.30 bits per heavy atom. The van der Waals surface area contributed by atoms with E-state index in [1.54, 1.807) is 0 Å². The highest BCUT2D eigenvalue weighted by Gasteiger charge is 2.17. The molecule has 1 aromatic heterocycles. The Labute approximate surface area is 114 Å². The highest BCUT2D eigenvalue weighted by molar-refractivity contribution is 6.05. The van der Waals surface area contributed by atoms with Crippen molar-refractivity contribution in [2.75, 3.05) is 17.2 Å². The van der Waals surface area contributed by atoms with Gasteiger partial charge in [0.1, 0.15) is 5.69 Å². The van der Waals surface area contributed by atoms with Crippen LogP contribution in [-0.2, 0) is 0 Å². The van der Waals surface area contributed by atoms with Gasteiger partial charge in [-0.25, -0.2) is 0 Å². The molecule has 0 unspecified atom stereocenters. The molecule has 8 nitrogen and oxygen atoms in total. The maximum atomic E-state index is 12.0. The minimum Gasteiger partial charge on any atom is -0.380 e. The third-order valence-electron chi connectivity index (χ3n) is 2.58. The molecule has 0 aliphatic carbocycles. The normalized spacial score (nSPS) is 10.1. The predicted octanol–water partition coefficient (Wildman–Crippen LogP) is 2.00. The second kappa shape index (κ2) is 5.83. The summed E-state index contributed by atoms with van der Waals surface area (Å²) in [5.74, 6) is -0.433. The third kappa shape index (κ3) is 2.91. The van der Waals surface area contributed by atoms with Gasteiger partial charge in [-0.2, -0.15) is 5.10 Å².